The predicted molar refractivity (Wildman–Crippen MR) is 39.0 cm³/mol. The van der Waals surface area contributed by atoms with E-state index in [1.165, 1.54) is 0 Å². The smallest absolute Gasteiger partial charge is 0.316 e. The quantitative estimate of drug-likeness (QED) is 0.341. The zero-order valence-electron chi connectivity index (χ0n) is 6.63. The molecule has 1 aliphatic rings. The van der Waals surface area contributed by atoms with Crippen LogP contribution in [0.5, 0.6) is 0 Å². The Labute approximate surface area is 65.7 Å². The fourth-order valence-corrected chi connectivity index (χ4v) is 1.31. The van der Waals surface area contributed by atoms with Crippen molar-refractivity contribution >= 4 is 11.8 Å². The molecule has 0 aromatic rings. The first-order valence-electron chi connectivity index (χ1n) is 3.95. The molecule has 1 atom stereocenters. The number of hydrogen-bond donors (Lipinski definition) is 0. The van der Waals surface area contributed by atoms with E-state index in [0.29, 0.717) is 19.4 Å². The van der Waals surface area contributed by atoms with Gasteiger partial charge in [-0.3, -0.25) is 9.59 Å². The third-order valence-corrected chi connectivity index (χ3v) is 1.88. The molecule has 0 aromatic heterocycles. The third-order valence-electron chi connectivity index (χ3n) is 1.88. The van der Waals surface area contributed by atoms with Crippen molar-refractivity contribution in [3.8, 4) is 0 Å². The molecule has 3 nitrogen and oxygen atoms in total. The van der Waals surface area contributed by atoms with Gasteiger partial charge in [0, 0.05) is 6.42 Å². The third kappa shape index (κ3) is 1.79. The molecule has 0 aliphatic heterocycles. The van der Waals surface area contributed by atoms with Crippen molar-refractivity contribution < 1.29 is 14.3 Å². The van der Waals surface area contributed by atoms with Gasteiger partial charge in [-0.05, 0) is 19.8 Å². The van der Waals surface area contributed by atoms with E-state index in [4.69, 9.17) is 4.74 Å². The topological polar surface area (TPSA) is 43.4 Å². The van der Waals surface area contributed by atoms with Crippen LogP contribution in [0, 0.1) is 5.92 Å². The highest BCUT2D eigenvalue weighted by Gasteiger charge is 2.31. The molecule has 62 valence electrons. The summed E-state index contributed by atoms with van der Waals surface area (Å²) in [5.74, 6) is -0.742. The van der Waals surface area contributed by atoms with Gasteiger partial charge in [0.1, 0.15) is 11.7 Å². The lowest BCUT2D eigenvalue weighted by molar-refractivity contribution is -0.150. The van der Waals surface area contributed by atoms with E-state index in [9.17, 15) is 9.59 Å². The summed E-state index contributed by atoms with van der Waals surface area (Å²) in [7, 11) is 0. The summed E-state index contributed by atoms with van der Waals surface area (Å²) < 4.78 is 4.74. The Bertz CT molecular complexity index is 174. The molecule has 0 bridgehead atoms. The van der Waals surface area contributed by atoms with Crippen molar-refractivity contribution in [2.75, 3.05) is 6.61 Å². The highest BCUT2D eigenvalue weighted by molar-refractivity contribution is 6.00. The van der Waals surface area contributed by atoms with Crippen molar-refractivity contribution in [1.82, 2.24) is 0 Å². The number of hydrogen-bond acceptors (Lipinski definition) is 3. The van der Waals surface area contributed by atoms with E-state index in [2.05, 4.69) is 0 Å². The molecule has 0 heterocycles. The molecule has 11 heavy (non-hydrogen) atoms. The second kappa shape index (κ2) is 3.51. The zero-order valence-corrected chi connectivity index (χ0v) is 6.63. The molecule has 1 saturated carbocycles. The lowest BCUT2D eigenvalue weighted by Gasteiger charge is -2.05. The summed E-state index contributed by atoms with van der Waals surface area (Å²) in [6.07, 6.45) is 2.06. The molecule has 1 fully saturated rings. The normalized spacial score (nSPS) is 23.7. The summed E-state index contributed by atoms with van der Waals surface area (Å²) in [5.41, 5.74) is 0. The van der Waals surface area contributed by atoms with Gasteiger partial charge in [-0.2, -0.15) is 0 Å². The van der Waals surface area contributed by atoms with Crippen LogP contribution in [0.2, 0.25) is 0 Å². The number of rotatable bonds is 2. The minimum absolute atomic E-state index is 0.0449. The minimum Gasteiger partial charge on any atom is -0.465 e. The van der Waals surface area contributed by atoms with E-state index in [1.54, 1.807) is 6.92 Å². The van der Waals surface area contributed by atoms with Crippen molar-refractivity contribution in [3.05, 3.63) is 0 Å². The van der Waals surface area contributed by atoms with Crippen LogP contribution < -0.4 is 0 Å². The maximum Gasteiger partial charge on any atom is 0.316 e. The van der Waals surface area contributed by atoms with Crippen molar-refractivity contribution in [3.63, 3.8) is 0 Å². The summed E-state index contributed by atoms with van der Waals surface area (Å²) in [5, 5.41) is 0. The highest BCUT2D eigenvalue weighted by Crippen LogP contribution is 2.22. The SMILES string of the molecule is CCOC(=O)C1CCCC1=[18O]. The average Bonchev–Trinajstić information content (AvgIpc) is 2.36. The molecule has 1 unspecified atom stereocenters. The lowest BCUT2D eigenvalue weighted by Crippen LogP contribution is -2.21. The van der Waals surface area contributed by atoms with Crippen LogP contribution >= 0.6 is 0 Å². The van der Waals surface area contributed by atoms with Gasteiger partial charge < -0.3 is 4.74 Å². The second-order valence-corrected chi connectivity index (χ2v) is 2.66. The van der Waals surface area contributed by atoms with Gasteiger partial charge in [0.05, 0.1) is 6.61 Å². The van der Waals surface area contributed by atoms with Gasteiger partial charge in [0.25, 0.3) is 0 Å². The molecular formula is C8H12O3. The molecule has 0 amide bonds. The first-order valence-corrected chi connectivity index (χ1v) is 3.95. The number of carbonyl (C=O) groups is 2. The largest absolute Gasteiger partial charge is 0.465 e. The Balaban J connectivity index is 2.46. The van der Waals surface area contributed by atoms with E-state index in [-0.39, 0.29) is 11.8 Å². The summed E-state index contributed by atoms with van der Waals surface area (Å²) in [6, 6.07) is 0. The molecule has 1 rings (SSSR count). The van der Waals surface area contributed by atoms with Gasteiger partial charge in [-0.15, -0.1) is 0 Å². The molecule has 0 aromatic carbocycles. The second-order valence-electron chi connectivity index (χ2n) is 2.66. The number of carbonyl (C=O) groups excluding carboxylic acids is 2. The minimum atomic E-state index is -0.449. The lowest BCUT2D eigenvalue weighted by atomic mass is 10.1. The van der Waals surface area contributed by atoms with E-state index >= 15 is 0 Å². The number of Topliss-reactive ketones (excluding diaryl/α,β-unsaturated/α-hetero) is 1. The number of ketones is 1. The molecule has 0 radical (unpaired) electrons. The van der Waals surface area contributed by atoms with Crippen LogP contribution in [0.1, 0.15) is 26.2 Å². The maximum absolute atomic E-state index is 11.0. The van der Waals surface area contributed by atoms with Crippen LogP contribution in [0.25, 0.3) is 0 Å². The predicted octanol–water partition coefficient (Wildman–Crippen LogP) is 0.919. The monoisotopic (exact) mass is 158 g/mol. The van der Waals surface area contributed by atoms with Gasteiger partial charge in [0.2, 0.25) is 0 Å². The number of ether oxygens (including phenoxy) is 1. The molecule has 0 spiro atoms. The zero-order chi connectivity index (χ0) is 8.27. The maximum atomic E-state index is 11.0. The Morgan fingerprint density at radius 2 is 2.55 bits per heavy atom. The van der Waals surface area contributed by atoms with Crippen LogP contribution in [-0.4, -0.2) is 18.4 Å². The molecular weight excluding hydrogens is 146 g/mol. The van der Waals surface area contributed by atoms with Gasteiger partial charge in [-0.1, -0.05) is 0 Å². The Kier molecular flexibility index (Phi) is 2.63. The standard InChI is InChI=1S/C8H12O3/c1-2-11-8(10)6-4-3-5-7(6)9/h6H,2-5H2,1H3/i9+2. The van der Waals surface area contributed by atoms with Gasteiger partial charge >= 0.3 is 5.97 Å². The highest BCUT2D eigenvalue weighted by atomic mass is 18.1. The summed E-state index contributed by atoms with van der Waals surface area (Å²) in [4.78, 5) is 22.0. The summed E-state index contributed by atoms with van der Waals surface area (Å²) >= 11 is 0. The van der Waals surface area contributed by atoms with Crippen LogP contribution in [0.3, 0.4) is 0 Å². The fraction of sp³-hybridized carbons (Fsp3) is 0.750. The van der Waals surface area contributed by atoms with Crippen molar-refractivity contribution in [2.24, 2.45) is 5.92 Å². The van der Waals surface area contributed by atoms with Gasteiger partial charge in [-0.25, -0.2) is 0 Å². The van der Waals surface area contributed by atoms with E-state index in [0.717, 1.165) is 6.42 Å². The Morgan fingerprint density at radius 1 is 1.82 bits per heavy atom. The van der Waals surface area contributed by atoms with Crippen LogP contribution in [0.4, 0.5) is 0 Å². The average molecular weight is 158 g/mol. The van der Waals surface area contributed by atoms with Crippen LogP contribution in [0.15, 0.2) is 0 Å². The Morgan fingerprint density at radius 3 is 3.00 bits per heavy atom. The first-order chi connectivity index (χ1) is 5.25. The number of esters is 1. The molecule has 1 aliphatic carbocycles. The Hall–Kier alpha value is -0.860. The summed E-state index contributed by atoms with van der Waals surface area (Å²) in [6.45, 7) is 2.11. The van der Waals surface area contributed by atoms with Gasteiger partial charge in [0.15, 0.2) is 0 Å². The van der Waals surface area contributed by atoms with Crippen molar-refractivity contribution in [1.29, 1.82) is 0 Å². The molecule has 0 saturated heterocycles. The fourth-order valence-electron chi connectivity index (χ4n) is 1.31. The molecule has 0 N–H and O–H groups in total. The van der Waals surface area contributed by atoms with Crippen LogP contribution in [-0.2, 0) is 14.3 Å². The van der Waals surface area contributed by atoms with E-state index < -0.39 is 5.92 Å². The van der Waals surface area contributed by atoms with Crippen molar-refractivity contribution in [2.45, 2.75) is 26.2 Å². The molecule has 3 heteroatoms. The van der Waals surface area contributed by atoms with E-state index in [1.807, 2.05) is 0 Å². The first kappa shape index (κ1) is 8.24.